The predicted octanol–water partition coefficient (Wildman–Crippen LogP) is 5.49. The molecule has 7 heteroatoms. The van der Waals surface area contributed by atoms with E-state index in [1.807, 2.05) is 41.0 Å². The van der Waals surface area contributed by atoms with Gasteiger partial charge in [0.15, 0.2) is 11.5 Å². The van der Waals surface area contributed by atoms with E-state index in [1.165, 1.54) is 22.4 Å². The number of methoxy groups -OCH3 is 3. The van der Waals surface area contributed by atoms with Crippen LogP contribution < -0.4 is 18.9 Å². The number of para-hydroxylation sites is 1. The van der Waals surface area contributed by atoms with Crippen LogP contribution >= 0.6 is 0 Å². The van der Waals surface area contributed by atoms with Crippen molar-refractivity contribution in [2.24, 2.45) is 0 Å². The summed E-state index contributed by atoms with van der Waals surface area (Å²) in [4.78, 5) is 2.52. The Hall–Kier alpha value is -3.68. The molecule has 1 unspecified atom stereocenters. The van der Waals surface area contributed by atoms with Crippen molar-refractivity contribution < 1.29 is 24.1 Å². The first-order chi connectivity index (χ1) is 18.1. The van der Waals surface area contributed by atoms with E-state index in [1.54, 1.807) is 21.3 Å². The van der Waals surface area contributed by atoms with E-state index in [-0.39, 0.29) is 20.2 Å². The van der Waals surface area contributed by atoms with Gasteiger partial charge in [0.05, 0.1) is 26.8 Å². The highest BCUT2D eigenvalue weighted by Gasteiger charge is 2.36. The Morgan fingerprint density at radius 3 is 2.50 bits per heavy atom. The van der Waals surface area contributed by atoms with E-state index >= 15 is 0 Å². The minimum absolute atomic E-state index is 0. The van der Waals surface area contributed by atoms with Gasteiger partial charge < -0.3 is 28.6 Å². The van der Waals surface area contributed by atoms with Crippen LogP contribution in [0.3, 0.4) is 0 Å². The van der Waals surface area contributed by atoms with Crippen molar-refractivity contribution in [2.75, 3.05) is 27.9 Å². The summed E-state index contributed by atoms with van der Waals surface area (Å²) in [7, 11) is 5.06. The Labute approximate surface area is 224 Å². The van der Waals surface area contributed by atoms with Crippen molar-refractivity contribution in [3.63, 3.8) is 0 Å². The summed E-state index contributed by atoms with van der Waals surface area (Å²) < 4.78 is 25.1. The molecule has 3 aromatic carbocycles. The molecule has 1 aromatic heterocycles. The fraction of sp³-hybridized carbons (Fsp3) is 0.355. The fourth-order valence-corrected chi connectivity index (χ4v) is 5.98. The Morgan fingerprint density at radius 1 is 0.921 bits per heavy atom. The van der Waals surface area contributed by atoms with Gasteiger partial charge in [-0.3, -0.25) is 4.90 Å². The molecule has 0 fully saturated rings. The van der Waals surface area contributed by atoms with Gasteiger partial charge in [-0.1, -0.05) is 25.6 Å². The quantitative estimate of drug-likeness (QED) is 0.351. The molecule has 3 heterocycles. The number of aliphatic hydroxyl groups is 1. The van der Waals surface area contributed by atoms with E-state index < -0.39 is 0 Å². The van der Waals surface area contributed by atoms with Crippen LogP contribution in [-0.4, -0.2) is 42.4 Å². The zero-order valence-corrected chi connectivity index (χ0v) is 21.5. The molecule has 38 heavy (non-hydrogen) atoms. The van der Waals surface area contributed by atoms with Crippen LogP contribution in [0.5, 0.6) is 23.0 Å². The molecule has 0 amide bonds. The summed E-state index contributed by atoms with van der Waals surface area (Å²) in [5.41, 5.74) is 7.09. The highest BCUT2D eigenvalue weighted by molar-refractivity contribution is 5.87. The monoisotopic (exact) mass is 516 g/mol. The van der Waals surface area contributed by atoms with E-state index in [9.17, 15) is 5.11 Å². The van der Waals surface area contributed by atoms with Gasteiger partial charge in [-0.05, 0) is 65.9 Å². The zero-order valence-electron chi connectivity index (χ0n) is 21.5. The predicted molar refractivity (Wildman–Crippen MR) is 148 cm³/mol. The number of benzene rings is 3. The average Bonchev–Trinajstić information content (AvgIpc) is 3.26. The number of rotatable bonds is 7. The number of nitrogens with zero attached hydrogens (tertiary/aromatic N) is 2. The maximum Gasteiger partial charge on any atom is 0.161 e. The minimum atomic E-state index is -0.0338. The van der Waals surface area contributed by atoms with Crippen LogP contribution in [0.1, 0.15) is 41.4 Å². The summed E-state index contributed by atoms with van der Waals surface area (Å²) in [6.07, 6.45) is 1.80. The molecule has 6 rings (SSSR count). The lowest BCUT2D eigenvalue weighted by Gasteiger charge is -2.41. The average molecular weight is 517 g/mol. The minimum Gasteiger partial charge on any atom is -0.497 e. The number of aromatic nitrogens is 1. The summed E-state index contributed by atoms with van der Waals surface area (Å²) in [6, 6.07) is 18.5. The second-order valence-corrected chi connectivity index (χ2v) is 9.62. The Kier molecular flexibility index (Phi) is 7.23. The molecule has 0 bridgehead atoms. The standard InChI is InChI=1S/C30H32N2O5.CH4/c1-34-21-8-9-25-23(13-21)24-14-26-22-15-29(36-3)30(37-17-20-6-4-5-7-28(20)35-2)12-19(22)10-11-31(26)16-27(24)32(25)18-33;/h4-9,12-13,15,26,33H,10-11,14,16-18H2,1-3H3;1H4. The number of aliphatic hydroxyl groups excluding tert-OH is 1. The lowest BCUT2D eigenvalue weighted by Crippen LogP contribution is -2.39. The van der Waals surface area contributed by atoms with Gasteiger partial charge in [-0.2, -0.15) is 0 Å². The first-order valence-corrected chi connectivity index (χ1v) is 12.6. The van der Waals surface area contributed by atoms with Crippen LogP contribution in [0, 0.1) is 0 Å². The smallest absolute Gasteiger partial charge is 0.161 e. The van der Waals surface area contributed by atoms with Crippen LogP contribution in [0.2, 0.25) is 0 Å². The van der Waals surface area contributed by atoms with Crippen LogP contribution in [0.25, 0.3) is 10.9 Å². The molecule has 4 aromatic rings. The van der Waals surface area contributed by atoms with Gasteiger partial charge in [0, 0.05) is 35.8 Å². The SMILES string of the molecule is C.COc1ccc2c(c1)c1c(n2CO)CN2CCc3cc(OCc4ccccc4OC)c(OC)cc3C2C1. The molecule has 0 aliphatic carbocycles. The van der Waals surface area contributed by atoms with Crippen molar-refractivity contribution in [2.45, 2.75) is 46.2 Å². The molecule has 1 atom stereocenters. The van der Waals surface area contributed by atoms with Gasteiger partial charge in [-0.25, -0.2) is 0 Å². The molecule has 1 N–H and O–H groups in total. The van der Waals surface area contributed by atoms with Gasteiger partial charge in [-0.15, -0.1) is 0 Å². The van der Waals surface area contributed by atoms with Crippen molar-refractivity contribution in [3.8, 4) is 23.0 Å². The first-order valence-electron chi connectivity index (χ1n) is 12.6. The van der Waals surface area contributed by atoms with E-state index in [0.29, 0.717) is 6.61 Å². The van der Waals surface area contributed by atoms with Crippen LogP contribution in [0.15, 0.2) is 54.6 Å². The molecular formula is C31H36N2O5. The third-order valence-electron chi connectivity index (χ3n) is 7.85. The summed E-state index contributed by atoms with van der Waals surface area (Å²) in [5.74, 6) is 3.13. The third kappa shape index (κ3) is 4.25. The van der Waals surface area contributed by atoms with Crippen LogP contribution in [0.4, 0.5) is 0 Å². The van der Waals surface area contributed by atoms with E-state index in [2.05, 4.69) is 23.1 Å². The van der Waals surface area contributed by atoms with E-state index in [0.717, 1.165) is 65.4 Å². The summed E-state index contributed by atoms with van der Waals surface area (Å²) in [5, 5.41) is 11.4. The van der Waals surface area contributed by atoms with Gasteiger partial charge in [0.25, 0.3) is 0 Å². The third-order valence-corrected chi connectivity index (χ3v) is 7.85. The highest BCUT2D eigenvalue weighted by atomic mass is 16.5. The van der Waals surface area contributed by atoms with Gasteiger partial charge in [0.1, 0.15) is 24.8 Å². The van der Waals surface area contributed by atoms with Crippen LogP contribution in [-0.2, 0) is 32.7 Å². The number of hydrogen-bond donors (Lipinski definition) is 1. The molecule has 2 aliphatic rings. The Balaban J connectivity index is 0.00000294. The first kappa shape index (κ1) is 25.9. The maximum absolute atomic E-state index is 10.2. The molecular weight excluding hydrogens is 480 g/mol. The number of ether oxygens (including phenoxy) is 4. The summed E-state index contributed by atoms with van der Waals surface area (Å²) >= 11 is 0. The van der Waals surface area contributed by atoms with E-state index in [4.69, 9.17) is 18.9 Å². The Morgan fingerprint density at radius 2 is 1.74 bits per heavy atom. The second kappa shape index (κ2) is 10.6. The largest absolute Gasteiger partial charge is 0.497 e. The molecule has 0 saturated heterocycles. The van der Waals surface area contributed by atoms with Crippen molar-refractivity contribution in [1.82, 2.24) is 9.47 Å². The Bertz CT molecular complexity index is 1460. The maximum atomic E-state index is 10.2. The highest BCUT2D eigenvalue weighted by Crippen LogP contribution is 2.45. The number of fused-ring (bicyclic) bond motifs is 6. The molecule has 200 valence electrons. The molecule has 0 saturated carbocycles. The van der Waals surface area contributed by atoms with Crippen molar-refractivity contribution in [3.05, 3.63) is 82.5 Å². The molecule has 2 aliphatic heterocycles. The van der Waals surface area contributed by atoms with Gasteiger partial charge in [0.2, 0.25) is 0 Å². The van der Waals surface area contributed by atoms with Crippen molar-refractivity contribution in [1.29, 1.82) is 0 Å². The fourth-order valence-electron chi connectivity index (χ4n) is 5.98. The lowest BCUT2D eigenvalue weighted by atomic mass is 9.85. The number of hydrogen-bond acceptors (Lipinski definition) is 6. The summed E-state index contributed by atoms with van der Waals surface area (Å²) in [6.45, 7) is 2.12. The topological polar surface area (TPSA) is 65.3 Å². The molecule has 0 spiro atoms. The normalized spacial score (nSPS) is 16.2. The molecule has 0 radical (unpaired) electrons. The lowest BCUT2D eigenvalue weighted by molar-refractivity contribution is 0.145. The van der Waals surface area contributed by atoms with Crippen molar-refractivity contribution >= 4 is 10.9 Å². The zero-order chi connectivity index (χ0) is 25.5. The molecule has 7 nitrogen and oxygen atoms in total. The second-order valence-electron chi connectivity index (χ2n) is 9.62. The van der Waals surface area contributed by atoms with Gasteiger partial charge >= 0.3 is 0 Å².